The number of non-ortho nitro benzene ring substituents is 1. The third kappa shape index (κ3) is 3.09. The molecule has 20 heavy (non-hydrogen) atoms. The third-order valence-electron chi connectivity index (χ3n) is 2.73. The van der Waals surface area contributed by atoms with Gasteiger partial charge in [0.1, 0.15) is 11.9 Å². The molecule has 0 saturated heterocycles. The second-order valence-electron chi connectivity index (χ2n) is 4.08. The number of nitrogens with one attached hydrogen (secondary N) is 1. The van der Waals surface area contributed by atoms with Gasteiger partial charge in [0.15, 0.2) is 0 Å². The van der Waals surface area contributed by atoms with E-state index in [9.17, 15) is 14.5 Å². The molecular formula is C14H10FN3O2. The van der Waals surface area contributed by atoms with Crippen molar-refractivity contribution in [2.75, 3.05) is 5.32 Å². The van der Waals surface area contributed by atoms with Crippen LogP contribution in [0.25, 0.3) is 0 Å². The van der Waals surface area contributed by atoms with Crippen LogP contribution in [0.3, 0.4) is 0 Å². The lowest BCUT2D eigenvalue weighted by atomic mass is 10.1. The zero-order chi connectivity index (χ0) is 14.5. The van der Waals surface area contributed by atoms with Crippen molar-refractivity contribution in [3.8, 4) is 6.07 Å². The smallest absolute Gasteiger partial charge is 0.269 e. The van der Waals surface area contributed by atoms with Crippen molar-refractivity contribution >= 4 is 11.4 Å². The molecule has 0 radical (unpaired) electrons. The van der Waals surface area contributed by atoms with E-state index in [1.165, 1.54) is 24.3 Å². The molecule has 0 unspecified atom stereocenters. The number of rotatable bonds is 4. The summed E-state index contributed by atoms with van der Waals surface area (Å²) in [5.41, 5.74) is 1.47. The molecule has 0 aliphatic carbocycles. The molecular weight excluding hydrogens is 261 g/mol. The zero-order valence-corrected chi connectivity index (χ0v) is 10.3. The molecule has 5 nitrogen and oxygen atoms in total. The van der Waals surface area contributed by atoms with Crippen LogP contribution in [0.5, 0.6) is 0 Å². The number of nitro benzene ring substituents is 1. The average Bonchev–Trinajstić information content (AvgIpc) is 2.46. The van der Waals surface area contributed by atoms with Crippen LogP contribution in [0.15, 0.2) is 42.5 Å². The lowest BCUT2D eigenvalue weighted by molar-refractivity contribution is -0.384. The Kier molecular flexibility index (Phi) is 3.91. The van der Waals surface area contributed by atoms with Gasteiger partial charge in [-0.05, 0) is 29.8 Å². The van der Waals surface area contributed by atoms with Gasteiger partial charge in [0.2, 0.25) is 0 Å². The molecule has 0 aromatic heterocycles. The Morgan fingerprint density at radius 3 is 2.55 bits per heavy atom. The minimum Gasteiger partial charge on any atom is -0.381 e. The Labute approximate surface area is 114 Å². The first-order valence-corrected chi connectivity index (χ1v) is 5.77. The maximum Gasteiger partial charge on any atom is 0.269 e. The predicted octanol–water partition coefficient (Wildman–Crippen LogP) is 3.22. The van der Waals surface area contributed by atoms with Gasteiger partial charge in [-0.2, -0.15) is 5.26 Å². The molecule has 6 heteroatoms. The van der Waals surface area contributed by atoms with E-state index in [2.05, 4.69) is 5.32 Å². The molecule has 2 rings (SSSR count). The lowest BCUT2D eigenvalue weighted by Gasteiger charge is -2.06. The first-order valence-electron chi connectivity index (χ1n) is 5.77. The summed E-state index contributed by atoms with van der Waals surface area (Å²) in [6.07, 6.45) is 0. The normalized spacial score (nSPS) is 9.80. The molecule has 0 fully saturated rings. The summed E-state index contributed by atoms with van der Waals surface area (Å²) in [4.78, 5) is 10.0. The highest BCUT2D eigenvalue weighted by molar-refractivity contribution is 5.49. The second kappa shape index (κ2) is 5.80. The summed E-state index contributed by atoms with van der Waals surface area (Å²) in [5, 5.41) is 22.3. The highest BCUT2D eigenvalue weighted by Crippen LogP contribution is 2.17. The maximum absolute atomic E-state index is 13.1. The van der Waals surface area contributed by atoms with Crippen molar-refractivity contribution in [1.29, 1.82) is 5.26 Å². The summed E-state index contributed by atoms with van der Waals surface area (Å²) in [6.45, 7) is 0.396. The highest BCUT2D eigenvalue weighted by atomic mass is 19.1. The summed E-state index contributed by atoms with van der Waals surface area (Å²) in [5.74, 6) is -0.549. The van der Waals surface area contributed by atoms with Gasteiger partial charge < -0.3 is 5.32 Å². The van der Waals surface area contributed by atoms with Gasteiger partial charge >= 0.3 is 0 Å². The molecule has 0 spiro atoms. The molecule has 0 aliphatic heterocycles. The van der Waals surface area contributed by atoms with E-state index in [1.54, 1.807) is 24.3 Å². The van der Waals surface area contributed by atoms with Gasteiger partial charge in [-0.1, -0.05) is 6.07 Å². The van der Waals surface area contributed by atoms with E-state index in [0.717, 1.165) is 5.56 Å². The largest absolute Gasteiger partial charge is 0.381 e. The number of nitrogens with zero attached hydrogens (tertiary/aromatic N) is 2. The molecule has 2 aromatic carbocycles. The lowest BCUT2D eigenvalue weighted by Crippen LogP contribution is -2.00. The van der Waals surface area contributed by atoms with Crippen LogP contribution < -0.4 is 5.32 Å². The van der Waals surface area contributed by atoms with Crippen LogP contribution >= 0.6 is 0 Å². The number of anilines is 1. The minimum atomic E-state index is -0.549. The first-order chi connectivity index (χ1) is 9.60. The van der Waals surface area contributed by atoms with E-state index in [1.807, 2.05) is 0 Å². The number of benzene rings is 2. The van der Waals surface area contributed by atoms with Gasteiger partial charge in [-0.15, -0.1) is 0 Å². The average molecular weight is 271 g/mol. The van der Waals surface area contributed by atoms with Crippen molar-refractivity contribution in [3.63, 3.8) is 0 Å². The fraction of sp³-hybridized carbons (Fsp3) is 0.0714. The van der Waals surface area contributed by atoms with Crippen LogP contribution in [0, 0.1) is 27.3 Å². The molecule has 1 N–H and O–H groups in total. The summed E-state index contributed by atoms with van der Waals surface area (Å²) >= 11 is 0. The van der Waals surface area contributed by atoms with Gasteiger partial charge in [0.05, 0.1) is 10.5 Å². The second-order valence-corrected chi connectivity index (χ2v) is 4.08. The van der Waals surface area contributed by atoms with E-state index in [-0.39, 0.29) is 11.3 Å². The van der Waals surface area contributed by atoms with Crippen molar-refractivity contribution < 1.29 is 9.31 Å². The Hall–Kier alpha value is -2.94. The monoisotopic (exact) mass is 271 g/mol. The van der Waals surface area contributed by atoms with Crippen molar-refractivity contribution in [3.05, 3.63) is 69.5 Å². The van der Waals surface area contributed by atoms with Crippen LogP contribution in [0.1, 0.15) is 11.1 Å². The van der Waals surface area contributed by atoms with E-state index < -0.39 is 10.7 Å². The van der Waals surface area contributed by atoms with E-state index >= 15 is 0 Å². The zero-order valence-electron chi connectivity index (χ0n) is 10.3. The predicted molar refractivity (Wildman–Crippen MR) is 71.5 cm³/mol. The quantitative estimate of drug-likeness (QED) is 0.684. The fourth-order valence-electron chi connectivity index (χ4n) is 1.67. The SMILES string of the molecule is N#Cc1cc(CNc2ccc([N+](=O)[O-])cc2)ccc1F. The number of nitro groups is 1. The number of hydrogen-bond donors (Lipinski definition) is 1. The Balaban J connectivity index is 2.05. The van der Waals surface area contributed by atoms with Crippen LogP contribution in [-0.2, 0) is 6.54 Å². The van der Waals surface area contributed by atoms with Crippen molar-refractivity contribution in [2.45, 2.75) is 6.54 Å². The molecule has 2 aromatic rings. The fourth-order valence-corrected chi connectivity index (χ4v) is 1.67. The van der Waals surface area contributed by atoms with Gasteiger partial charge in [0.25, 0.3) is 5.69 Å². The van der Waals surface area contributed by atoms with Crippen molar-refractivity contribution in [2.24, 2.45) is 0 Å². The Morgan fingerprint density at radius 2 is 1.95 bits per heavy atom. The van der Waals surface area contributed by atoms with Crippen LogP contribution in [-0.4, -0.2) is 4.92 Å². The Bertz CT molecular complexity index is 678. The number of nitriles is 1. The summed E-state index contributed by atoms with van der Waals surface area (Å²) in [7, 11) is 0. The molecule has 0 saturated carbocycles. The Morgan fingerprint density at radius 1 is 1.25 bits per heavy atom. The maximum atomic E-state index is 13.1. The van der Waals surface area contributed by atoms with Gasteiger partial charge in [-0.25, -0.2) is 4.39 Å². The molecule has 0 atom stereocenters. The minimum absolute atomic E-state index is 0.00648. The molecule has 0 aliphatic rings. The van der Waals surface area contributed by atoms with E-state index in [4.69, 9.17) is 5.26 Å². The van der Waals surface area contributed by atoms with Crippen molar-refractivity contribution in [1.82, 2.24) is 0 Å². The topological polar surface area (TPSA) is 79.0 Å². The highest BCUT2D eigenvalue weighted by Gasteiger charge is 2.05. The molecule has 0 heterocycles. The summed E-state index contributed by atoms with van der Waals surface area (Å²) < 4.78 is 13.1. The van der Waals surface area contributed by atoms with Crippen LogP contribution in [0.4, 0.5) is 15.8 Å². The first kappa shape index (κ1) is 13.5. The van der Waals surface area contributed by atoms with Gasteiger partial charge in [-0.3, -0.25) is 10.1 Å². The number of hydrogen-bond acceptors (Lipinski definition) is 4. The van der Waals surface area contributed by atoms with Crippen LogP contribution in [0.2, 0.25) is 0 Å². The van der Waals surface area contributed by atoms with E-state index in [0.29, 0.717) is 12.2 Å². The van der Waals surface area contributed by atoms with Gasteiger partial charge in [0, 0.05) is 24.4 Å². The number of halogens is 1. The molecule has 0 amide bonds. The summed E-state index contributed by atoms with van der Waals surface area (Å²) in [6, 6.07) is 12.0. The molecule has 100 valence electrons. The third-order valence-corrected chi connectivity index (χ3v) is 2.73. The standard InChI is InChI=1S/C14H10FN3O2/c15-14-6-1-10(7-11(14)8-16)9-17-12-2-4-13(5-3-12)18(19)20/h1-7,17H,9H2. The molecule has 0 bridgehead atoms.